The van der Waals surface area contributed by atoms with E-state index in [2.05, 4.69) is 65.8 Å². The molecule has 0 unspecified atom stereocenters. The summed E-state index contributed by atoms with van der Waals surface area (Å²) < 4.78 is 28.2. The smallest absolute Gasteiger partial charge is 0.123 e. The third-order valence-electron chi connectivity index (χ3n) is 7.81. The van der Waals surface area contributed by atoms with Gasteiger partial charge in [-0.2, -0.15) is 0 Å². The highest BCUT2D eigenvalue weighted by molar-refractivity contribution is 5.92. The third-order valence-corrected chi connectivity index (χ3v) is 7.81. The molecule has 1 saturated heterocycles. The van der Waals surface area contributed by atoms with Gasteiger partial charge in [0.2, 0.25) is 0 Å². The molecule has 0 N–H and O–H groups in total. The minimum Gasteiger partial charge on any atom is -0.494 e. The van der Waals surface area contributed by atoms with E-state index >= 15 is 0 Å². The van der Waals surface area contributed by atoms with E-state index in [1.807, 2.05) is 12.1 Å². The van der Waals surface area contributed by atoms with Crippen LogP contribution in [-0.4, -0.2) is 42.3 Å². The molecule has 5 rings (SSSR count). The summed E-state index contributed by atoms with van der Waals surface area (Å²) in [6.07, 6.45) is 7.45. The number of aromatic nitrogens is 1. The first kappa shape index (κ1) is 27.3. The van der Waals surface area contributed by atoms with Crippen molar-refractivity contribution in [3.8, 4) is 22.8 Å². The number of hydrogen-bond acceptors (Lipinski definition) is 3. The van der Waals surface area contributed by atoms with Crippen LogP contribution in [0.15, 0.2) is 66.7 Å². The van der Waals surface area contributed by atoms with Crippen molar-refractivity contribution in [2.24, 2.45) is 0 Å². The van der Waals surface area contributed by atoms with Crippen LogP contribution in [0.3, 0.4) is 0 Å². The normalized spacial score (nSPS) is 14.4. The lowest BCUT2D eigenvalue weighted by Gasteiger charge is -2.19. The molecule has 0 atom stereocenters. The van der Waals surface area contributed by atoms with Gasteiger partial charge in [-0.05, 0) is 111 Å². The maximum atomic E-state index is 13.8. The summed E-state index contributed by atoms with van der Waals surface area (Å²) in [5, 5.41) is 1.16. The quantitative estimate of drug-likeness (QED) is 0.183. The van der Waals surface area contributed by atoms with E-state index in [-0.39, 0.29) is 5.82 Å². The first-order chi connectivity index (χ1) is 19.1. The molecule has 4 aromatic rings. The first-order valence-corrected chi connectivity index (χ1v) is 14.6. The van der Waals surface area contributed by atoms with Crippen molar-refractivity contribution in [2.75, 3.05) is 32.8 Å². The van der Waals surface area contributed by atoms with Crippen molar-refractivity contribution in [1.29, 1.82) is 0 Å². The molecule has 1 aromatic heterocycles. The lowest BCUT2D eigenvalue weighted by molar-refractivity contribution is 0.214. The summed E-state index contributed by atoms with van der Waals surface area (Å²) in [5.74, 6) is 1.58. The molecule has 206 valence electrons. The van der Waals surface area contributed by atoms with E-state index in [0.29, 0.717) is 6.54 Å². The van der Waals surface area contributed by atoms with Gasteiger partial charge in [0, 0.05) is 24.0 Å². The van der Waals surface area contributed by atoms with Crippen molar-refractivity contribution in [3.05, 3.63) is 83.7 Å². The summed E-state index contributed by atoms with van der Waals surface area (Å²) in [6.45, 7) is 9.83. The molecular formula is C34H41FN2O2. The van der Waals surface area contributed by atoms with Gasteiger partial charge in [0.25, 0.3) is 0 Å². The van der Waals surface area contributed by atoms with E-state index in [1.165, 1.54) is 62.0 Å². The van der Waals surface area contributed by atoms with E-state index in [4.69, 9.17) is 9.47 Å². The fourth-order valence-electron chi connectivity index (χ4n) is 5.60. The van der Waals surface area contributed by atoms with Gasteiger partial charge in [-0.3, -0.25) is 4.90 Å². The van der Waals surface area contributed by atoms with E-state index in [9.17, 15) is 4.39 Å². The zero-order valence-electron chi connectivity index (χ0n) is 23.4. The van der Waals surface area contributed by atoms with Gasteiger partial charge in [0.15, 0.2) is 0 Å². The molecule has 1 fully saturated rings. The monoisotopic (exact) mass is 528 g/mol. The highest BCUT2D eigenvalue weighted by Crippen LogP contribution is 2.36. The maximum absolute atomic E-state index is 13.8. The lowest BCUT2D eigenvalue weighted by Crippen LogP contribution is -2.29. The fourth-order valence-corrected chi connectivity index (χ4v) is 5.60. The van der Waals surface area contributed by atoms with Crippen LogP contribution in [0.2, 0.25) is 0 Å². The predicted molar refractivity (Wildman–Crippen MR) is 158 cm³/mol. The molecule has 1 aliphatic heterocycles. The Morgan fingerprint density at radius 3 is 2.21 bits per heavy atom. The summed E-state index contributed by atoms with van der Waals surface area (Å²) >= 11 is 0. The van der Waals surface area contributed by atoms with Gasteiger partial charge in [-0.15, -0.1) is 0 Å². The van der Waals surface area contributed by atoms with Gasteiger partial charge < -0.3 is 14.0 Å². The molecule has 3 aromatic carbocycles. The highest BCUT2D eigenvalue weighted by Gasteiger charge is 2.17. The zero-order chi connectivity index (χ0) is 27.0. The number of fused-ring (bicyclic) bond motifs is 1. The molecule has 0 amide bonds. The van der Waals surface area contributed by atoms with Crippen LogP contribution in [0.4, 0.5) is 4.39 Å². The van der Waals surface area contributed by atoms with Gasteiger partial charge in [-0.1, -0.05) is 38.3 Å². The fraction of sp³-hybridized carbons (Fsp3) is 0.412. The van der Waals surface area contributed by atoms with Crippen molar-refractivity contribution < 1.29 is 13.9 Å². The molecule has 0 radical (unpaired) electrons. The van der Waals surface area contributed by atoms with Crippen LogP contribution in [0, 0.1) is 12.7 Å². The number of halogens is 1. The number of unbranched alkanes of at least 4 members (excludes halogenated alkanes) is 1. The van der Waals surface area contributed by atoms with Crippen LogP contribution in [-0.2, 0) is 6.54 Å². The highest BCUT2D eigenvalue weighted by atomic mass is 19.1. The second-order valence-electron chi connectivity index (χ2n) is 10.7. The number of hydrogen-bond donors (Lipinski definition) is 0. The largest absolute Gasteiger partial charge is 0.494 e. The van der Waals surface area contributed by atoms with Crippen LogP contribution < -0.4 is 9.47 Å². The second kappa shape index (κ2) is 13.2. The third kappa shape index (κ3) is 6.83. The van der Waals surface area contributed by atoms with E-state index in [0.717, 1.165) is 66.3 Å². The number of ether oxygens (including phenoxy) is 2. The van der Waals surface area contributed by atoms with E-state index in [1.54, 1.807) is 0 Å². The average Bonchev–Trinajstić information content (AvgIpc) is 3.09. The minimum atomic E-state index is -0.225. The molecule has 0 spiro atoms. The SMILES string of the molecule is CCCCOc1ccc2c(c1)c(C)c(-c1ccc(F)cc1)n2Cc1ccc(OCCN2CCCCCC2)cc1. The maximum Gasteiger partial charge on any atom is 0.123 e. The summed E-state index contributed by atoms with van der Waals surface area (Å²) in [7, 11) is 0. The topological polar surface area (TPSA) is 26.6 Å². The molecule has 39 heavy (non-hydrogen) atoms. The van der Waals surface area contributed by atoms with Crippen molar-refractivity contribution >= 4 is 10.9 Å². The van der Waals surface area contributed by atoms with Crippen LogP contribution in [0.1, 0.15) is 56.6 Å². The van der Waals surface area contributed by atoms with Gasteiger partial charge in [0.05, 0.1) is 12.3 Å². The Kier molecular flexibility index (Phi) is 9.20. The Bertz CT molecular complexity index is 1340. The Morgan fingerprint density at radius 1 is 0.795 bits per heavy atom. The van der Waals surface area contributed by atoms with E-state index < -0.39 is 0 Å². The number of aryl methyl sites for hydroxylation is 1. The standard InChI is InChI=1S/C34H41FN2O2/c1-3-4-22-38-31-17-18-33-32(24-31)26(2)34(28-11-13-29(35)14-12-28)37(33)25-27-9-15-30(16-10-27)39-23-21-36-19-7-5-6-8-20-36/h9-18,24H,3-8,19-23,25H2,1-2H3. The molecule has 0 bridgehead atoms. The second-order valence-corrected chi connectivity index (χ2v) is 10.7. The summed E-state index contributed by atoms with van der Waals surface area (Å²) in [6, 6.07) is 21.6. The molecule has 2 heterocycles. The Labute approximate surface area is 232 Å². The summed E-state index contributed by atoms with van der Waals surface area (Å²) in [4.78, 5) is 2.53. The van der Waals surface area contributed by atoms with Gasteiger partial charge >= 0.3 is 0 Å². The molecular weight excluding hydrogens is 487 g/mol. The summed E-state index contributed by atoms with van der Waals surface area (Å²) in [5.41, 5.74) is 5.62. The molecule has 0 aliphatic carbocycles. The molecule has 4 nitrogen and oxygen atoms in total. The first-order valence-electron chi connectivity index (χ1n) is 14.6. The van der Waals surface area contributed by atoms with Crippen molar-refractivity contribution in [3.63, 3.8) is 0 Å². The predicted octanol–water partition coefficient (Wildman–Crippen LogP) is 8.24. The van der Waals surface area contributed by atoms with Gasteiger partial charge in [0.1, 0.15) is 23.9 Å². The Balaban J connectivity index is 1.36. The Morgan fingerprint density at radius 2 is 1.49 bits per heavy atom. The Hall–Kier alpha value is -3.31. The molecule has 0 saturated carbocycles. The average molecular weight is 529 g/mol. The van der Waals surface area contributed by atoms with Crippen LogP contribution in [0.25, 0.3) is 22.2 Å². The van der Waals surface area contributed by atoms with Crippen LogP contribution >= 0.6 is 0 Å². The van der Waals surface area contributed by atoms with Crippen LogP contribution in [0.5, 0.6) is 11.5 Å². The molecule has 5 heteroatoms. The number of likely N-dealkylation sites (tertiary alicyclic amines) is 1. The zero-order valence-corrected chi connectivity index (χ0v) is 23.4. The number of nitrogens with zero attached hydrogens (tertiary/aromatic N) is 2. The number of rotatable bonds is 11. The molecule has 1 aliphatic rings. The minimum absolute atomic E-state index is 0.225. The van der Waals surface area contributed by atoms with Gasteiger partial charge in [-0.25, -0.2) is 4.39 Å². The van der Waals surface area contributed by atoms with Crippen molar-refractivity contribution in [2.45, 2.75) is 58.9 Å². The van der Waals surface area contributed by atoms with Crippen molar-refractivity contribution in [1.82, 2.24) is 9.47 Å². The number of benzene rings is 3. The lowest BCUT2D eigenvalue weighted by atomic mass is 10.1.